The molecule has 7 atom stereocenters. The molecule has 4 fully saturated rings. The number of carbonyl (C=O) groups excluding carboxylic acids is 1. The Morgan fingerprint density at radius 3 is 2.54 bits per heavy atom. The maximum Gasteiger partial charge on any atom is 0.306 e. The van der Waals surface area contributed by atoms with Crippen molar-refractivity contribution in [1.29, 1.82) is 0 Å². The first-order valence-corrected chi connectivity index (χ1v) is 11.7. The molecule has 0 aromatic rings. The fourth-order valence-electron chi connectivity index (χ4n) is 7.94. The highest BCUT2D eigenvalue weighted by atomic mass is 16.5. The fourth-order valence-corrected chi connectivity index (χ4v) is 7.94. The molecule has 4 heteroatoms. The van der Waals surface area contributed by atoms with E-state index in [2.05, 4.69) is 13.8 Å². The molecule has 0 aromatic carbocycles. The van der Waals surface area contributed by atoms with Crippen molar-refractivity contribution < 1.29 is 19.4 Å². The largest absolute Gasteiger partial charge is 0.481 e. The van der Waals surface area contributed by atoms with Gasteiger partial charge in [0, 0.05) is 0 Å². The molecule has 4 rings (SSSR count). The van der Waals surface area contributed by atoms with Gasteiger partial charge >= 0.3 is 11.9 Å². The molecule has 1 unspecified atom stereocenters. The Kier molecular flexibility index (Phi) is 5.52. The zero-order chi connectivity index (χ0) is 19.9. The van der Waals surface area contributed by atoms with Crippen molar-refractivity contribution in [1.82, 2.24) is 0 Å². The van der Waals surface area contributed by atoms with Crippen molar-refractivity contribution in [2.45, 2.75) is 103 Å². The van der Waals surface area contributed by atoms with Gasteiger partial charge < -0.3 is 9.84 Å². The van der Waals surface area contributed by atoms with Crippen molar-refractivity contribution >= 4 is 11.9 Å². The van der Waals surface area contributed by atoms with Gasteiger partial charge in [0.15, 0.2) is 0 Å². The van der Waals surface area contributed by atoms with Gasteiger partial charge in [0.1, 0.15) is 6.10 Å². The molecule has 4 aliphatic carbocycles. The number of carboxylic acids is 1. The van der Waals surface area contributed by atoms with Gasteiger partial charge in [-0.3, -0.25) is 9.59 Å². The average molecular weight is 391 g/mol. The minimum absolute atomic E-state index is 0.000503. The predicted octanol–water partition coefficient (Wildman–Crippen LogP) is 5.59. The molecule has 1 N–H and O–H groups in total. The second-order valence-corrected chi connectivity index (χ2v) is 10.9. The topological polar surface area (TPSA) is 63.6 Å². The highest BCUT2D eigenvalue weighted by Gasteiger charge is 2.57. The van der Waals surface area contributed by atoms with Gasteiger partial charge in [0.25, 0.3) is 0 Å². The SMILES string of the molecule is C[C@@]12CCCCC1[C@@H]1CC[C@@H]3C[C@H](OC(=O)CCC(=O)O)CC[C@]3(C)[C@H]1CC2. The van der Waals surface area contributed by atoms with Crippen molar-refractivity contribution in [2.24, 2.45) is 34.5 Å². The quantitative estimate of drug-likeness (QED) is 0.636. The van der Waals surface area contributed by atoms with E-state index < -0.39 is 5.97 Å². The summed E-state index contributed by atoms with van der Waals surface area (Å²) in [5.41, 5.74) is 1.01. The van der Waals surface area contributed by atoms with Crippen LogP contribution in [0.3, 0.4) is 0 Å². The van der Waals surface area contributed by atoms with E-state index in [0.29, 0.717) is 16.7 Å². The molecule has 0 aliphatic heterocycles. The highest BCUT2D eigenvalue weighted by Crippen LogP contribution is 2.65. The summed E-state index contributed by atoms with van der Waals surface area (Å²) in [5.74, 6) is 2.09. The molecule has 4 aliphatic rings. The van der Waals surface area contributed by atoms with Crippen LogP contribution in [0.5, 0.6) is 0 Å². The molecule has 28 heavy (non-hydrogen) atoms. The Morgan fingerprint density at radius 2 is 1.75 bits per heavy atom. The van der Waals surface area contributed by atoms with E-state index in [4.69, 9.17) is 9.84 Å². The van der Waals surface area contributed by atoms with Crippen LogP contribution in [0, 0.1) is 34.5 Å². The summed E-state index contributed by atoms with van der Waals surface area (Å²) < 4.78 is 5.67. The fraction of sp³-hybridized carbons (Fsp3) is 0.917. The predicted molar refractivity (Wildman–Crippen MR) is 108 cm³/mol. The Bertz CT molecular complexity index is 616. The molecule has 0 spiro atoms. The van der Waals surface area contributed by atoms with E-state index in [1.165, 1.54) is 57.8 Å². The second-order valence-electron chi connectivity index (χ2n) is 10.9. The zero-order valence-corrected chi connectivity index (χ0v) is 17.8. The first-order valence-electron chi connectivity index (χ1n) is 11.7. The Balaban J connectivity index is 1.40. The van der Waals surface area contributed by atoms with Crippen molar-refractivity contribution in [3.8, 4) is 0 Å². The van der Waals surface area contributed by atoms with Crippen LogP contribution in [0.25, 0.3) is 0 Å². The minimum atomic E-state index is -0.932. The lowest BCUT2D eigenvalue weighted by molar-refractivity contribution is -0.165. The number of carbonyl (C=O) groups is 2. The number of carboxylic acid groups (broad SMARTS) is 1. The van der Waals surface area contributed by atoms with Crippen LogP contribution in [0.2, 0.25) is 0 Å². The zero-order valence-electron chi connectivity index (χ0n) is 17.8. The number of aliphatic carboxylic acids is 1. The standard InChI is InChI=1S/C24H38O4/c1-23-12-4-3-5-19(23)18-7-6-16-15-17(28-22(27)9-8-21(25)26)10-14-24(16,2)20(18)11-13-23/h16-20H,3-15H2,1-2H3,(H,25,26)/t16-,17-,18+,19?,20+,23+,24+/m1/s1. The number of ether oxygens (including phenoxy) is 1. The maximum atomic E-state index is 12.0. The lowest BCUT2D eigenvalue weighted by Crippen LogP contribution is -2.55. The first kappa shape index (κ1) is 20.2. The summed E-state index contributed by atoms with van der Waals surface area (Å²) in [5, 5.41) is 8.76. The lowest BCUT2D eigenvalue weighted by Gasteiger charge is -2.62. The van der Waals surface area contributed by atoms with Gasteiger partial charge in [0.2, 0.25) is 0 Å². The molecule has 0 aromatic heterocycles. The molecule has 158 valence electrons. The van der Waals surface area contributed by atoms with Crippen LogP contribution in [0.1, 0.15) is 97.3 Å². The second kappa shape index (κ2) is 7.65. The molecule has 4 nitrogen and oxygen atoms in total. The van der Waals surface area contributed by atoms with E-state index in [1.54, 1.807) is 0 Å². The number of esters is 1. The summed E-state index contributed by atoms with van der Waals surface area (Å²) in [6.07, 6.45) is 14.2. The monoisotopic (exact) mass is 390 g/mol. The molecule has 0 heterocycles. The maximum absolute atomic E-state index is 12.0. The first-order chi connectivity index (χ1) is 13.3. The van der Waals surface area contributed by atoms with Crippen LogP contribution < -0.4 is 0 Å². The van der Waals surface area contributed by atoms with Gasteiger partial charge in [0.05, 0.1) is 12.8 Å². The Morgan fingerprint density at radius 1 is 0.929 bits per heavy atom. The summed E-state index contributed by atoms with van der Waals surface area (Å²) in [6, 6.07) is 0. The normalized spacial score (nSPS) is 45.3. The van der Waals surface area contributed by atoms with E-state index >= 15 is 0 Å². The number of hydrogen-bond donors (Lipinski definition) is 1. The van der Waals surface area contributed by atoms with Crippen molar-refractivity contribution in [2.75, 3.05) is 0 Å². The number of hydrogen-bond acceptors (Lipinski definition) is 3. The third-order valence-electron chi connectivity index (χ3n) is 9.49. The molecule has 0 bridgehead atoms. The van der Waals surface area contributed by atoms with Gasteiger partial charge in [-0.2, -0.15) is 0 Å². The summed E-state index contributed by atoms with van der Waals surface area (Å²) in [6.45, 7) is 5.12. The third kappa shape index (κ3) is 3.61. The van der Waals surface area contributed by atoms with Gasteiger partial charge in [-0.05, 0) is 92.3 Å². The van der Waals surface area contributed by atoms with E-state index in [9.17, 15) is 9.59 Å². The summed E-state index contributed by atoms with van der Waals surface area (Å²) >= 11 is 0. The summed E-state index contributed by atoms with van der Waals surface area (Å²) in [4.78, 5) is 22.7. The third-order valence-corrected chi connectivity index (χ3v) is 9.49. The molecular weight excluding hydrogens is 352 g/mol. The molecule has 0 radical (unpaired) electrons. The smallest absolute Gasteiger partial charge is 0.306 e. The Hall–Kier alpha value is -1.06. The van der Waals surface area contributed by atoms with Crippen LogP contribution in [-0.2, 0) is 14.3 Å². The van der Waals surface area contributed by atoms with Gasteiger partial charge in [-0.1, -0.05) is 26.7 Å². The number of fused-ring (bicyclic) bond motifs is 5. The van der Waals surface area contributed by atoms with E-state index in [1.807, 2.05) is 0 Å². The van der Waals surface area contributed by atoms with Crippen molar-refractivity contribution in [3.05, 3.63) is 0 Å². The van der Waals surface area contributed by atoms with Crippen LogP contribution in [0.4, 0.5) is 0 Å². The lowest BCUT2D eigenvalue weighted by atomic mass is 9.43. The Labute approximate surface area is 169 Å². The van der Waals surface area contributed by atoms with Crippen LogP contribution in [0.15, 0.2) is 0 Å². The van der Waals surface area contributed by atoms with Gasteiger partial charge in [-0.25, -0.2) is 0 Å². The average Bonchev–Trinajstić information content (AvgIpc) is 2.66. The van der Waals surface area contributed by atoms with E-state index in [0.717, 1.165) is 30.6 Å². The molecule has 0 amide bonds. The summed E-state index contributed by atoms with van der Waals surface area (Å²) in [7, 11) is 0. The van der Waals surface area contributed by atoms with Gasteiger partial charge in [-0.15, -0.1) is 0 Å². The minimum Gasteiger partial charge on any atom is -0.481 e. The molecule has 0 saturated heterocycles. The highest BCUT2D eigenvalue weighted by molar-refractivity contribution is 5.76. The number of rotatable bonds is 4. The van der Waals surface area contributed by atoms with Crippen molar-refractivity contribution in [3.63, 3.8) is 0 Å². The molecule has 4 saturated carbocycles. The van der Waals surface area contributed by atoms with Crippen LogP contribution in [-0.4, -0.2) is 23.1 Å². The van der Waals surface area contributed by atoms with E-state index in [-0.39, 0.29) is 24.9 Å². The molecular formula is C24H38O4. The van der Waals surface area contributed by atoms with Crippen LogP contribution >= 0.6 is 0 Å².